The summed E-state index contributed by atoms with van der Waals surface area (Å²) in [6.45, 7) is 4.61. The van der Waals surface area contributed by atoms with E-state index < -0.39 is 6.04 Å². The van der Waals surface area contributed by atoms with Crippen molar-refractivity contribution in [1.82, 2.24) is 0 Å². The Hall–Kier alpha value is -0.610. The van der Waals surface area contributed by atoms with Crippen LogP contribution in [0.25, 0.3) is 0 Å². The molecule has 1 aliphatic rings. The maximum absolute atomic E-state index is 11.3. The highest BCUT2D eigenvalue weighted by Crippen LogP contribution is 2.26. The van der Waals surface area contributed by atoms with Gasteiger partial charge in [-0.05, 0) is 25.7 Å². The molecule has 0 saturated heterocycles. The third kappa shape index (κ3) is 4.10. The van der Waals surface area contributed by atoms with Crippen LogP contribution in [0.1, 0.15) is 39.5 Å². The first kappa shape index (κ1) is 13.5. The van der Waals surface area contributed by atoms with Gasteiger partial charge in [0.15, 0.2) is 0 Å². The maximum Gasteiger partial charge on any atom is 0.325 e. The zero-order valence-electron chi connectivity index (χ0n) is 10.3. The van der Waals surface area contributed by atoms with Gasteiger partial charge < -0.3 is 15.2 Å². The van der Waals surface area contributed by atoms with E-state index in [1.165, 1.54) is 19.3 Å². The number of hydrogen-bond donors (Lipinski definition) is 1. The van der Waals surface area contributed by atoms with Crippen LogP contribution in [0.4, 0.5) is 0 Å². The average Bonchev–Trinajstić information content (AvgIpc) is 2.28. The van der Waals surface area contributed by atoms with E-state index in [1.54, 1.807) is 6.92 Å². The van der Waals surface area contributed by atoms with Crippen LogP contribution in [0.5, 0.6) is 0 Å². The predicted molar refractivity (Wildman–Crippen MR) is 62.0 cm³/mol. The van der Waals surface area contributed by atoms with Gasteiger partial charge in [-0.15, -0.1) is 0 Å². The number of ether oxygens (including phenoxy) is 2. The van der Waals surface area contributed by atoms with Gasteiger partial charge >= 0.3 is 5.97 Å². The topological polar surface area (TPSA) is 61.5 Å². The van der Waals surface area contributed by atoms with Crippen molar-refractivity contribution in [3.8, 4) is 0 Å². The second-order valence-electron chi connectivity index (χ2n) is 4.49. The molecule has 0 aromatic rings. The van der Waals surface area contributed by atoms with Gasteiger partial charge in [0.2, 0.25) is 0 Å². The number of carbonyl (C=O) groups excluding carboxylic acids is 1. The number of esters is 1. The number of rotatable bonds is 5. The maximum atomic E-state index is 11.3. The van der Waals surface area contributed by atoms with E-state index in [0.29, 0.717) is 12.5 Å². The van der Waals surface area contributed by atoms with E-state index in [9.17, 15) is 4.79 Å². The van der Waals surface area contributed by atoms with Gasteiger partial charge in [-0.25, -0.2) is 0 Å². The number of nitrogens with two attached hydrogens (primary N) is 1. The summed E-state index contributed by atoms with van der Waals surface area (Å²) in [7, 11) is 0. The highest BCUT2D eigenvalue weighted by Gasteiger charge is 2.24. The second kappa shape index (κ2) is 6.86. The van der Waals surface area contributed by atoms with Gasteiger partial charge in [-0.2, -0.15) is 0 Å². The molecule has 1 aliphatic carbocycles. The minimum atomic E-state index is -0.644. The average molecular weight is 229 g/mol. The Morgan fingerprint density at radius 2 is 2.12 bits per heavy atom. The van der Waals surface area contributed by atoms with Crippen molar-refractivity contribution in [3.05, 3.63) is 0 Å². The van der Waals surface area contributed by atoms with Crippen LogP contribution in [0, 0.1) is 5.92 Å². The van der Waals surface area contributed by atoms with Crippen LogP contribution >= 0.6 is 0 Å². The first-order valence-electron chi connectivity index (χ1n) is 6.19. The van der Waals surface area contributed by atoms with Crippen molar-refractivity contribution < 1.29 is 14.3 Å². The molecule has 0 aromatic carbocycles. The van der Waals surface area contributed by atoms with Crippen LogP contribution in [0.3, 0.4) is 0 Å². The number of hydrogen-bond acceptors (Lipinski definition) is 4. The smallest absolute Gasteiger partial charge is 0.325 e. The van der Waals surface area contributed by atoms with E-state index in [0.717, 1.165) is 6.42 Å². The Kier molecular flexibility index (Phi) is 5.77. The van der Waals surface area contributed by atoms with Gasteiger partial charge in [0.25, 0.3) is 0 Å². The lowest BCUT2D eigenvalue weighted by Gasteiger charge is -2.29. The zero-order valence-corrected chi connectivity index (χ0v) is 10.3. The quantitative estimate of drug-likeness (QED) is 0.725. The van der Waals surface area contributed by atoms with Crippen LogP contribution in [0.2, 0.25) is 0 Å². The first-order chi connectivity index (χ1) is 7.65. The fraction of sp³-hybridized carbons (Fsp3) is 0.917. The summed E-state index contributed by atoms with van der Waals surface area (Å²) in [4.78, 5) is 11.3. The third-order valence-corrected chi connectivity index (χ3v) is 3.11. The molecule has 1 fully saturated rings. The van der Waals surface area contributed by atoms with Crippen molar-refractivity contribution in [2.75, 3.05) is 13.2 Å². The highest BCUT2D eigenvalue weighted by atomic mass is 16.5. The SMILES string of the molecule is CCOC(=O)C(N)COC1CCCCC1C. The van der Waals surface area contributed by atoms with Crippen molar-refractivity contribution in [2.45, 2.75) is 51.7 Å². The van der Waals surface area contributed by atoms with Gasteiger partial charge in [0.1, 0.15) is 6.04 Å². The molecule has 0 aliphatic heterocycles. The second-order valence-corrected chi connectivity index (χ2v) is 4.49. The highest BCUT2D eigenvalue weighted by molar-refractivity contribution is 5.75. The summed E-state index contributed by atoms with van der Waals surface area (Å²) in [6, 6.07) is -0.644. The molecular weight excluding hydrogens is 206 g/mol. The van der Waals surface area contributed by atoms with Crippen molar-refractivity contribution in [2.24, 2.45) is 11.7 Å². The van der Waals surface area contributed by atoms with Gasteiger partial charge in [0.05, 0.1) is 19.3 Å². The number of carbonyl (C=O) groups is 1. The largest absolute Gasteiger partial charge is 0.465 e. The van der Waals surface area contributed by atoms with E-state index in [-0.39, 0.29) is 18.7 Å². The Bertz CT molecular complexity index is 220. The molecule has 1 saturated carbocycles. The third-order valence-electron chi connectivity index (χ3n) is 3.11. The fourth-order valence-corrected chi connectivity index (χ4v) is 2.07. The Morgan fingerprint density at radius 3 is 2.75 bits per heavy atom. The zero-order chi connectivity index (χ0) is 12.0. The van der Waals surface area contributed by atoms with Crippen LogP contribution in [0.15, 0.2) is 0 Å². The molecule has 2 N–H and O–H groups in total. The molecule has 0 heterocycles. The molecule has 3 atom stereocenters. The lowest BCUT2D eigenvalue weighted by atomic mass is 9.88. The van der Waals surface area contributed by atoms with E-state index in [1.807, 2.05) is 0 Å². The monoisotopic (exact) mass is 229 g/mol. The lowest BCUT2D eigenvalue weighted by Crippen LogP contribution is -2.39. The Morgan fingerprint density at radius 1 is 1.44 bits per heavy atom. The summed E-state index contributed by atoms with van der Waals surface area (Å²) in [5.74, 6) is 0.203. The standard InChI is InChI=1S/C12H23NO3/c1-3-15-12(14)10(13)8-16-11-7-5-4-6-9(11)2/h9-11H,3-8,13H2,1-2H3. The van der Waals surface area contributed by atoms with Gasteiger partial charge in [-0.3, -0.25) is 4.79 Å². The molecule has 0 spiro atoms. The minimum absolute atomic E-state index is 0.259. The summed E-state index contributed by atoms with van der Waals surface area (Å²) < 4.78 is 10.5. The molecule has 0 bridgehead atoms. The van der Waals surface area contributed by atoms with Crippen molar-refractivity contribution in [1.29, 1.82) is 0 Å². The molecule has 0 aromatic heterocycles. The van der Waals surface area contributed by atoms with E-state index >= 15 is 0 Å². The van der Waals surface area contributed by atoms with Crippen molar-refractivity contribution in [3.63, 3.8) is 0 Å². The Balaban J connectivity index is 2.24. The molecule has 0 amide bonds. The minimum Gasteiger partial charge on any atom is -0.465 e. The first-order valence-corrected chi connectivity index (χ1v) is 6.19. The summed E-state index contributed by atoms with van der Waals surface area (Å²) in [6.07, 6.45) is 5.04. The van der Waals surface area contributed by atoms with Gasteiger partial charge in [0, 0.05) is 0 Å². The van der Waals surface area contributed by atoms with Crippen LogP contribution < -0.4 is 5.73 Å². The normalized spacial score (nSPS) is 27.4. The molecule has 4 heteroatoms. The molecule has 1 rings (SSSR count). The summed E-state index contributed by atoms with van der Waals surface area (Å²) >= 11 is 0. The lowest BCUT2D eigenvalue weighted by molar-refractivity contribution is -0.147. The fourth-order valence-electron chi connectivity index (χ4n) is 2.07. The molecule has 3 unspecified atom stereocenters. The van der Waals surface area contributed by atoms with E-state index in [4.69, 9.17) is 15.2 Å². The van der Waals surface area contributed by atoms with E-state index in [2.05, 4.69) is 6.92 Å². The molecule has 94 valence electrons. The van der Waals surface area contributed by atoms with Crippen LogP contribution in [-0.4, -0.2) is 31.3 Å². The van der Waals surface area contributed by atoms with Crippen molar-refractivity contribution >= 4 is 5.97 Å². The molecule has 0 radical (unpaired) electrons. The van der Waals surface area contributed by atoms with Gasteiger partial charge in [-0.1, -0.05) is 19.8 Å². The summed E-state index contributed by atoms with van der Waals surface area (Å²) in [5.41, 5.74) is 5.67. The molecule has 16 heavy (non-hydrogen) atoms. The molecular formula is C12H23NO3. The molecule has 4 nitrogen and oxygen atoms in total. The Labute approximate surface area is 97.5 Å². The predicted octanol–water partition coefficient (Wildman–Crippen LogP) is 1.47. The van der Waals surface area contributed by atoms with Crippen LogP contribution in [-0.2, 0) is 14.3 Å². The summed E-state index contributed by atoms with van der Waals surface area (Å²) in [5, 5.41) is 0.